The normalized spacial score (nSPS) is 22.9. The van der Waals surface area contributed by atoms with Gasteiger partial charge in [0.05, 0.1) is 13.2 Å². The highest BCUT2D eigenvalue weighted by Gasteiger charge is 2.43. The number of thiazole rings is 1. The number of esters is 2. The zero-order valence-corrected chi connectivity index (χ0v) is 20.1. The van der Waals surface area contributed by atoms with Gasteiger partial charge in [-0.15, -0.1) is 11.3 Å². The van der Waals surface area contributed by atoms with E-state index in [0.717, 1.165) is 18.2 Å². The molecular weight excluding hydrogens is 468 g/mol. The van der Waals surface area contributed by atoms with E-state index in [9.17, 15) is 23.5 Å². The zero-order chi connectivity index (χ0) is 24.8. The van der Waals surface area contributed by atoms with Crippen molar-refractivity contribution in [1.82, 2.24) is 4.98 Å². The van der Waals surface area contributed by atoms with E-state index in [1.54, 1.807) is 12.3 Å². The summed E-state index contributed by atoms with van der Waals surface area (Å²) >= 11 is 1.19. The van der Waals surface area contributed by atoms with Crippen molar-refractivity contribution in [3.05, 3.63) is 45.9 Å². The predicted molar refractivity (Wildman–Crippen MR) is 120 cm³/mol. The number of aromatic nitrogens is 1. The third-order valence-electron chi connectivity index (χ3n) is 6.02. The van der Waals surface area contributed by atoms with Gasteiger partial charge in [-0.3, -0.25) is 4.79 Å². The average Bonchev–Trinajstić information content (AvgIpc) is 3.35. The van der Waals surface area contributed by atoms with Gasteiger partial charge in [0.25, 0.3) is 0 Å². The van der Waals surface area contributed by atoms with Crippen molar-refractivity contribution < 1.29 is 37.7 Å². The molecule has 1 heterocycles. The van der Waals surface area contributed by atoms with Crippen molar-refractivity contribution in [2.45, 2.75) is 52.2 Å². The van der Waals surface area contributed by atoms with Crippen LogP contribution in [-0.4, -0.2) is 41.3 Å². The third kappa shape index (κ3) is 6.73. The number of hydrogen-bond donors (Lipinski definition) is 1. The van der Waals surface area contributed by atoms with Gasteiger partial charge in [0, 0.05) is 36.4 Å². The van der Waals surface area contributed by atoms with E-state index >= 15 is 0 Å². The summed E-state index contributed by atoms with van der Waals surface area (Å²) in [6.45, 7) is 5.43. The van der Waals surface area contributed by atoms with Crippen LogP contribution >= 0.6 is 11.3 Å². The molecule has 2 aromatic rings. The van der Waals surface area contributed by atoms with Crippen LogP contribution in [0.3, 0.4) is 0 Å². The fourth-order valence-corrected chi connectivity index (χ4v) is 5.32. The van der Waals surface area contributed by atoms with Crippen molar-refractivity contribution in [3.8, 4) is 5.75 Å². The fourth-order valence-electron chi connectivity index (χ4n) is 4.51. The first-order chi connectivity index (χ1) is 16.2. The SMILES string of the molecule is CCOC(=O)c1csc([C@H](O)CC[C@@H]2[C@@H](COc3cc(F)cc(F)c3)[C@H](OC(C)=O)C[C@@H]2C)n1. The van der Waals surface area contributed by atoms with Crippen LogP contribution in [0.2, 0.25) is 0 Å². The summed E-state index contributed by atoms with van der Waals surface area (Å²) in [5.41, 5.74) is 0.165. The molecule has 1 aromatic carbocycles. The quantitative estimate of drug-likeness (QED) is 0.476. The molecule has 5 atom stereocenters. The molecule has 0 radical (unpaired) electrons. The molecule has 34 heavy (non-hydrogen) atoms. The Kier molecular flexibility index (Phi) is 8.96. The highest BCUT2D eigenvalue weighted by atomic mass is 32.1. The van der Waals surface area contributed by atoms with Gasteiger partial charge in [-0.05, 0) is 38.0 Å². The highest BCUT2D eigenvalue weighted by Crippen LogP contribution is 2.43. The van der Waals surface area contributed by atoms with Crippen LogP contribution in [0.5, 0.6) is 5.75 Å². The molecular formula is C24H29F2NO6S. The minimum absolute atomic E-state index is 0.0295. The molecule has 1 aromatic heterocycles. The molecule has 0 spiro atoms. The molecule has 0 amide bonds. The van der Waals surface area contributed by atoms with Gasteiger partial charge >= 0.3 is 11.9 Å². The Bertz CT molecular complexity index is 979. The Morgan fingerprint density at radius 3 is 2.59 bits per heavy atom. The largest absolute Gasteiger partial charge is 0.493 e. The van der Waals surface area contributed by atoms with E-state index in [0.29, 0.717) is 24.3 Å². The van der Waals surface area contributed by atoms with E-state index in [1.807, 2.05) is 6.92 Å². The minimum Gasteiger partial charge on any atom is -0.493 e. The lowest BCUT2D eigenvalue weighted by molar-refractivity contribution is -0.149. The minimum atomic E-state index is -0.868. The molecule has 1 N–H and O–H groups in total. The zero-order valence-electron chi connectivity index (χ0n) is 19.3. The number of aliphatic hydroxyl groups is 1. The standard InChI is InChI=1S/C24H29F2NO6S/c1-4-31-24(30)20-12-34-23(27-20)21(29)6-5-18-13(2)7-22(33-14(3)28)19(18)11-32-17-9-15(25)8-16(26)10-17/h8-10,12-13,18-19,21-22,29H,4-7,11H2,1-3H3/t13-,18-,19+,21+,22+/m0/s1. The molecule has 1 fully saturated rings. The Labute approximate surface area is 201 Å². The number of hydrogen-bond acceptors (Lipinski definition) is 8. The molecule has 10 heteroatoms. The van der Waals surface area contributed by atoms with E-state index in [2.05, 4.69) is 4.98 Å². The number of rotatable bonds is 10. The van der Waals surface area contributed by atoms with E-state index in [1.165, 1.54) is 18.3 Å². The van der Waals surface area contributed by atoms with Gasteiger partial charge in [-0.25, -0.2) is 18.6 Å². The van der Waals surface area contributed by atoms with Crippen LogP contribution in [0.4, 0.5) is 8.78 Å². The summed E-state index contributed by atoms with van der Waals surface area (Å²) in [6, 6.07) is 2.97. The number of carbonyl (C=O) groups excluding carboxylic acids is 2. The van der Waals surface area contributed by atoms with Crippen LogP contribution in [0.15, 0.2) is 23.6 Å². The maximum atomic E-state index is 13.5. The van der Waals surface area contributed by atoms with Crippen molar-refractivity contribution in [1.29, 1.82) is 0 Å². The van der Waals surface area contributed by atoms with Crippen molar-refractivity contribution in [3.63, 3.8) is 0 Å². The predicted octanol–water partition coefficient (Wildman–Crippen LogP) is 4.69. The first-order valence-electron chi connectivity index (χ1n) is 11.2. The van der Waals surface area contributed by atoms with Crippen LogP contribution in [0.25, 0.3) is 0 Å². The van der Waals surface area contributed by atoms with Crippen molar-refractivity contribution in [2.24, 2.45) is 17.8 Å². The summed E-state index contributed by atoms with van der Waals surface area (Å²) in [6.07, 6.45) is 0.314. The second-order valence-electron chi connectivity index (χ2n) is 8.49. The molecule has 1 saturated carbocycles. The second-order valence-corrected chi connectivity index (χ2v) is 9.38. The Balaban J connectivity index is 1.67. The fraction of sp³-hybridized carbons (Fsp3) is 0.542. The van der Waals surface area contributed by atoms with Gasteiger partial charge in [-0.1, -0.05) is 6.92 Å². The van der Waals surface area contributed by atoms with Crippen molar-refractivity contribution in [2.75, 3.05) is 13.2 Å². The molecule has 3 rings (SSSR count). The maximum absolute atomic E-state index is 13.5. The van der Waals surface area contributed by atoms with Crippen LogP contribution in [0.1, 0.15) is 61.6 Å². The van der Waals surface area contributed by atoms with Gasteiger partial charge in [-0.2, -0.15) is 0 Å². The molecule has 0 saturated heterocycles. The molecule has 1 aliphatic rings. The number of benzene rings is 1. The lowest BCUT2D eigenvalue weighted by Gasteiger charge is -2.26. The van der Waals surface area contributed by atoms with Crippen LogP contribution in [-0.2, 0) is 14.3 Å². The van der Waals surface area contributed by atoms with E-state index < -0.39 is 35.8 Å². The smallest absolute Gasteiger partial charge is 0.357 e. The first-order valence-corrected chi connectivity index (χ1v) is 12.1. The summed E-state index contributed by atoms with van der Waals surface area (Å²) in [5, 5.41) is 12.6. The van der Waals surface area contributed by atoms with Gasteiger partial charge in [0.15, 0.2) is 5.69 Å². The molecule has 1 aliphatic carbocycles. The van der Waals surface area contributed by atoms with Gasteiger partial charge < -0.3 is 19.3 Å². The monoisotopic (exact) mass is 497 g/mol. The topological polar surface area (TPSA) is 95.0 Å². The van der Waals surface area contributed by atoms with Gasteiger partial charge in [0.2, 0.25) is 0 Å². The lowest BCUT2D eigenvalue weighted by atomic mass is 9.85. The number of halogens is 2. The Morgan fingerprint density at radius 1 is 1.24 bits per heavy atom. The molecule has 7 nitrogen and oxygen atoms in total. The van der Waals surface area contributed by atoms with Gasteiger partial charge in [0.1, 0.15) is 34.6 Å². The summed E-state index contributed by atoms with van der Waals surface area (Å²) in [7, 11) is 0. The molecule has 186 valence electrons. The number of aliphatic hydroxyl groups excluding tert-OH is 1. The van der Waals surface area contributed by atoms with E-state index in [-0.39, 0.29) is 42.4 Å². The third-order valence-corrected chi connectivity index (χ3v) is 6.97. The number of ether oxygens (including phenoxy) is 3. The Morgan fingerprint density at radius 2 is 1.94 bits per heavy atom. The molecule has 0 unspecified atom stereocenters. The lowest BCUT2D eigenvalue weighted by Crippen LogP contribution is -2.30. The molecule has 0 aliphatic heterocycles. The van der Waals surface area contributed by atoms with Crippen LogP contribution < -0.4 is 4.74 Å². The Hall–Kier alpha value is -2.59. The maximum Gasteiger partial charge on any atom is 0.357 e. The molecule has 0 bridgehead atoms. The summed E-state index contributed by atoms with van der Waals surface area (Å²) < 4.78 is 43.2. The summed E-state index contributed by atoms with van der Waals surface area (Å²) in [5.74, 6) is -2.38. The highest BCUT2D eigenvalue weighted by molar-refractivity contribution is 7.09. The average molecular weight is 498 g/mol. The number of carbonyl (C=O) groups is 2. The van der Waals surface area contributed by atoms with Crippen LogP contribution in [0, 0.1) is 29.4 Å². The van der Waals surface area contributed by atoms with Crippen molar-refractivity contribution >= 4 is 23.3 Å². The first kappa shape index (κ1) is 26.0. The van der Waals surface area contributed by atoms with E-state index in [4.69, 9.17) is 14.2 Å². The number of nitrogens with zero attached hydrogens (tertiary/aromatic N) is 1. The second kappa shape index (κ2) is 11.7. The summed E-state index contributed by atoms with van der Waals surface area (Å²) in [4.78, 5) is 27.6.